The number of likely N-dealkylation sites (tertiary alicyclic amines) is 1. The van der Waals surface area contributed by atoms with Gasteiger partial charge in [0.1, 0.15) is 6.29 Å². The lowest BCUT2D eigenvalue weighted by molar-refractivity contribution is -0.222. The minimum Gasteiger partial charge on any atom is -0.343 e. The Hall–Kier alpha value is -2.63. The molecule has 0 radical (unpaired) electrons. The molecule has 0 bridgehead atoms. The first-order valence-corrected chi connectivity index (χ1v) is 19.4. The lowest BCUT2D eigenvalue weighted by Gasteiger charge is -2.72. The number of nitrogens with one attached hydrogen (secondary N) is 2. The Morgan fingerprint density at radius 2 is 1.67 bits per heavy atom. The third kappa shape index (κ3) is 5.20. The van der Waals surface area contributed by atoms with Crippen LogP contribution in [0.25, 0.3) is 5.57 Å². The van der Waals surface area contributed by atoms with Crippen molar-refractivity contribution in [3.8, 4) is 0 Å². The van der Waals surface area contributed by atoms with E-state index in [4.69, 9.17) is 0 Å². The Kier molecular flexibility index (Phi) is 8.67. The third-order valence-corrected chi connectivity index (χ3v) is 16.1. The van der Waals surface area contributed by atoms with E-state index in [1.807, 2.05) is 17.0 Å². The van der Waals surface area contributed by atoms with Gasteiger partial charge in [-0.3, -0.25) is 9.59 Å². The summed E-state index contributed by atoms with van der Waals surface area (Å²) < 4.78 is 0. The van der Waals surface area contributed by atoms with Crippen molar-refractivity contribution in [3.63, 3.8) is 0 Å². The van der Waals surface area contributed by atoms with Crippen LogP contribution in [0.4, 0.5) is 4.79 Å². The molecule has 0 aromatic heterocycles. The van der Waals surface area contributed by atoms with Crippen LogP contribution in [-0.4, -0.2) is 49.3 Å². The van der Waals surface area contributed by atoms with Gasteiger partial charge >= 0.3 is 6.03 Å². The molecule has 1 saturated heterocycles. The summed E-state index contributed by atoms with van der Waals surface area (Å²) in [7, 11) is 0. The Bertz CT molecular complexity index is 1450. The van der Waals surface area contributed by atoms with Gasteiger partial charge in [0, 0.05) is 38.2 Å². The summed E-state index contributed by atoms with van der Waals surface area (Å²) in [5.41, 5.74) is 4.75. The third-order valence-electron chi connectivity index (χ3n) is 16.1. The smallest absolute Gasteiger partial charge is 0.314 e. The number of carbonyl (C=O) groups excluding carboxylic acids is 3. The molecule has 48 heavy (non-hydrogen) atoms. The Balaban J connectivity index is 1.04. The predicted octanol–water partition coefficient (Wildman–Crippen LogP) is 8.66. The van der Waals surface area contributed by atoms with Gasteiger partial charge in [0.2, 0.25) is 5.91 Å². The Morgan fingerprint density at radius 3 is 2.40 bits per heavy atom. The molecule has 6 heteroatoms. The van der Waals surface area contributed by atoms with Crippen molar-refractivity contribution >= 4 is 23.8 Å². The highest BCUT2D eigenvalue weighted by molar-refractivity contribution is 5.78. The molecule has 1 aromatic carbocycles. The zero-order valence-corrected chi connectivity index (χ0v) is 30.5. The molecule has 8 atom stereocenters. The van der Waals surface area contributed by atoms with Gasteiger partial charge < -0.3 is 15.5 Å². The SMILES string of the molecule is CC1(C)C(c2ccc(C=O)cc2)=CC[C@@]2(C)C1CC[C@]1(C)C2CC[C@@H]2C3CCC[C@]3(CNC(=O)NCCCN3CCCC3=O)CC[C@]21C. The molecular weight excluding hydrogens is 594 g/mol. The van der Waals surface area contributed by atoms with Crippen molar-refractivity contribution in [1.82, 2.24) is 15.5 Å². The molecule has 6 aliphatic rings. The second kappa shape index (κ2) is 12.3. The molecule has 7 rings (SSSR count). The summed E-state index contributed by atoms with van der Waals surface area (Å²) >= 11 is 0. The molecule has 5 fully saturated rings. The summed E-state index contributed by atoms with van der Waals surface area (Å²) in [5, 5.41) is 6.44. The van der Waals surface area contributed by atoms with Gasteiger partial charge in [-0.1, -0.05) is 71.4 Å². The zero-order valence-electron chi connectivity index (χ0n) is 30.5. The molecule has 3 unspecified atom stereocenters. The maximum atomic E-state index is 13.0. The molecule has 6 nitrogen and oxygen atoms in total. The number of rotatable bonds is 8. The average molecular weight is 656 g/mol. The quantitative estimate of drug-likeness (QED) is 0.217. The van der Waals surface area contributed by atoms with Gasteiger partial charge in [0.05, 0.1) is 0 Å². The number of aldehydes is 1. The van der Waals surface area contributed by atoms with Crippen molar-refractivity contribution in [1.29, 1.82) is 0 Å². The molecule has 5 aliphatic carbocycles. The minimum atomic E-state index is -0.0370. The van der Waals surface area contributed by atoms with E-state index in [0.717, 1.165) is 56.7 Å². The molecule has 1 aliphatic heterocycles. The van der Waals surface area contributed by atoms with Crippen molar-refractivity contribution < 1.29 is 14.4 Å². The molecular formula is C42H61N3O3. The van der Waals surface area contributed by atoms with Crippen LogP contribution in [0.1, 0.15) is 134 Å². The van der Waals surface area contributed by atoms with Crippen LogP contribution in [0.15, 0.2) is 30.3 Å². The number of allylic oxidation sites excluding steroid dienone is 2. The maximum absolute atomic E-state index is 13.0. The number of urea groups is 1. The van der Waals surface area contributed by atoms with Crippen LogP contribution >= 0.6 is 0 Å². The molecule has 1 aromatic rings. The van der Waals surface area contributed by atoms with Gasteiger partial charge in [0.25, 0.3) is 0 Å². The van der Waals surface area contributed by atoms with Gasteiger partial charge in [0.15, 0.2) is 0 Å². The number of carbonyl (C=O) groups is 3. The fraction of sp³-hybridized carbons (Fsp3) is 0.738. The summed E-state index contributed by atoms with van der Waals surface area (Å²) in [5.74, 6) is 3.05. The van der Waals surface area contributed by atoms with Gasteiger partial charge in [-0.2, -0.15) is 0 Å². The Labute approximate surface area is 289 Å². The number of fused-ring (bicyclic) bond motifs is 7. The number of nitrogens with zero attached hydrogens (tertiary/aromatic N) is 1. The van der Waals surface area contributed by atoms with E-state index in [1.54, 1.807) is 0 Å². The standard InChI is InChI=1S/C42H61N3O3/c1-38(2)31(30-13-11-29(27-46)12-14-30)17-20-39(3)34(38)18-21-41(5)35(39)16-15-32-33-9-6-19-42(33,23-22-40(32,41)4)28-44-37(48)43-24-8-26-45-25-7-10-36(45)47/h11-14,17,27,32-35H,6-10,15-16,18-26,28H2,1-5H3,(H2,43,44,48)/t32-,33?,34?,35?,39+,40-,41-,42-/m1/s1. The van der Waals surface area contributed by atoms with Crippen LogP contribution in [0.5, 0.6) is 0 Å². The summed E-state index contributed by atoms with van der Waals surface area (Å²) in [6.07, 6.45) is 18.8. The van der Waals surface area contributed by atoms with Crippen LogP contribution in [0.3, 0.4) is 0 Å². The summed E-state index contributed by atoms with van der Waals surface area (Å²) in [4.78, 5) is 38.1. The first-order valence-electron chi connectivity index (χ1n) is 19.4. The molecule has 0 spiro atoms. The highest BCUT2D eigenvalue weighted by Gasteiger charge is 2.69. The summed E-state index contributed by atoms with van der Waals surface area (Å²) in [6, 6.07) is 8.23. The first kappa shape index (κ1) is 33.8. The van der Waals surface area contributed by atoms with E-state index in [-0.39, 0.29) is 28.2 Å². The molecule has 4 saturated carbocycles. The van der Waals surface area contributed by atoms with E-state index in [2.05, 4.69) is 63.5 Å². The monoisotopic (exact) mass is 655 g/mol. The van der Waals surface area contributed by atoms with E-state index >= 15 is 0 Å². The maximum Gasteiger partial charge on any atom is 0.314 e. The number of benzene rings is 1. The molecule has 262 valence electrons. The summed E-state index contributed by atoms with van der Waals surface area (Å²) in [6.45, 7) is 16.1. The second-order valence-corrected chi connectivity index (χ2v) is 18.3. The largest absolute Gasteiger partial charge is 0.343 e. The van der Waals surface area contributed by atoms with E-state index in [1.165, 1.54) is 68.9 Å². The fourth-order valence-corrected chi connectivity index (χ4v) is 13.6. The van der Waals surface area contributed by atoms with Gasteiger partial charge in [-0.15, -0.1) is 0 Å². The zero-order chi connectivity index (χ0) is 34.0. The topological polar surface area (TPSA) is 78.5 Å². The van der Waals surface area contributed by atoms with Crippen molar-refractivity contribution in [2.75, 3.05) is 26.2 Å². The first-order chi connectivity index (χ1) is 22.9. The number of hydrogen-bond donors (Lipinski definition) is 2. The van der Waals surface area contributed by atoms with Crippen LogP contribution in [0.2, 0.25) is 0 Å². The van der Waals surface area contributed by atoms with E-state index < -0.39 is 0 Å². The Morgan fingerprint density at radius 1 is 0.875 bits per heavy atom. The van der Waals surface area contributed by atoms with E-state index in [0.29, 0.717) is 41.5 Å². The second-order valence-electron chi connectivity index (χ2n) is 18.3. The van der Waals surface area contributed by atoms with Crippen molar-refractivity contribution in [2.45, 2.75) is 118 Å². The number of hydrogen-bond acceptors (Lipinski definition) is 3. The lowest BCUT2D eigenvalue weighted by atomic mass is 9.32. The van der Waals surface area contributed by atoms with Crippen LogP contribution in [0, 0.1) is 50.7 Å². The van der Waals surface area contributed by atoms with Crippen LogP contribution in [-0.2, 0) is 4.79 Å². The predicted molar refractivity (Wildman–Crippen MR) is 192 cm³/mol. The molecule has 1 heterocycles. The highest BCUT2D eigenvalue weighted by atomic mass is 16.2. The van der Waals surface area contributed by atoms with Crippen LogP contribution < -0.4 is 10.6 Å². The molecule has 3 amide bonds. The van der Waals surface area contributed by atoms with Gasteiger partial charge in [-0.05, 0) is 133 Å². The van der Waals surface area contributed by atoms with Crippen molar-refractivity contribution in [3.05, 3.63) is 41.5 Å². The average Bonchev–Trinajstić information content (AvgIpc) is 3.68. The van der Waals surface area contributed by atoms with E-state index in [9.17, 15) is 14.4 Å². The normalized spacial score (nSPS) is 39.8. The molecule has 2 N–H and O–H groups in total. The lowest BCUT2D eigenvalue weighted by Crippen LogP contribution is -2.65. The highest BCUT2D eigenvalue weighted by Crippen LogP contribution is 2.77. The number of amides is 3. The van der Waals surface area contributed by atoms with Gasteiger partial charge in [-0.25, -0.2) is 4.79 Å². The van der Waals surface area contributed by atoms with Crippen molar-refractivity contribution in [2.24, 2.45) is 50.7 Å². The fourth-order valence-electron chi connectivity index (χ4n) is 13.6. The minimum absolute atomic E-state index is 0.0370.